The van der Waals surface area contributed by atoms with Crippen molar-refractivity contribution in [2.24, 2.45) is 0 Å². The number of urea groups is 1. The standard InChI is InChI=1S/C18H24N4O3S/c1-2-25-11-5-10-20-18(24)21-12-13-8-9-16(26-13)17(23)22-15-7-4-3-6-14(15)19/h3-4,6-9H,2,5,10-12,19H2,1H3,(H,22,23)(H2,20,21,24). The Morgan fingerprint density at radius 3 is 2.73 bits per heavy atom. The molecule has 7 nitrogen and oxygen atoms in total. The Labute approximate surface area is 156 Å². The van der Waals surface area contributed by atoms with Crippen molar-refractivity contribution in [1.29, 1.82) is 0 Å². The Morgan fingerprint density at radius 1 is 1.15 bits per heavy atom. The molecule has 5 N–H and O–H groups in total. The fourth-order valence-electron chi connectivity index (χ4n) is 2.14. The average molecular weight is 376 g/mol. The maximum atomic E-state index is 12.3. The SMILES string of the molecule is CCOCCCNC(=O)NCc1ccc(C(=O)Nc2ccccc2N)s1. The summed E-state index contributed by atoms with van der Waals surface area (Å²) in [5, 5.41) is 8.31. The minimum atomic E-state index is -0.238. The highest BCUT2D eigenvalue weighted by molar-refractivity contribution is 7.14. The fourth-order valence-corrected chi connectivity index (χ4v) is 2.98. The van der Waals surface area contributed by atoms with Gasteiger partial charge in [-0.25, -0.2) is 4.79 Å². The molecule has 0 aliphatic carbocycles. The third-order valence-electron chi connectivity index (χ3n) is 3.47. The van der Waals surface area contributed by atoms with Gasteiger partial charge in [0.15, 0.2) is 0 Å². The number of nitrogen functional groups attached to an aromatic ring is 1. The molecule has 0 saturated carbocycles. The van der Waals surface area contributed by atoms with Crippen molar-refractivity contribution in [3.8, 4) is 0 Å². The summed E-state index contributed by atoms with van der Waals surface area (Å²) in [4.78, 5) is 25.4. The van der Waals surface area contributed by atoms with Crippen LogP contribution in [0, 0.1) is 0 Å². The van der Waals surface area contributed by atoms with Gasteiger partial charge < -0.3 is 26.4 Å². The van der Waals surface area contributed by atoms with Gasteiger partial charge in [-0.2, -0.15) is 0 Å². The van der Waals surface area contributed by atoms with E-state index in [4.69, 9.17) is 10.5 Å². The van der Waals surface area contributed by atoms with Crippen LogP contribution in [0.2, 0.25) is 0 Å². The molecule has 0 unspecified atom stereocenters. The lowest BCUT2D eigenvalue weighted by atomic mass is 10.2. The molecular weight excluding hydrogens is 352 g/mol. The van der Waals surface area contributed by atoms with E-state index in [1.807, 2.05) is 25.1 Å². The number of amides is 3. The highest BCUT2D eigenvalue weighted by Crippen LogP contribution is 2.21. The van der Waals surface area contributed by atoms with Crippen LogP contribution in [0.15, 0.2) is 36.4 Å². The van der Waals surface area contributed by atoms with Crippen LogP contribution in [0.25, 0.3) is 0 Å². The Kier molecular flexibility index (Phi) is 7.91. The number of hydrogen-bond acceptors (Lipinski definition) is 5. The van der Waals surface area contributed by atoms with Gasteiger partial charge in [0.1, 0.15) is 0 Å². The molecule has 8 heteroatoms. The number of carbonyl (C=O) groups excluding carboxylic acids is 2. The van der Waals surface area contributed by atoms with Gasteiger partial charge in [0.25, 0.3) is 5.91 Å². The number of benzene rings is 1. The normalized spacial score (nSPS) is 10.3. The van der Waals surface area contributed by atoms with E-state index in [0.29, 0.717) is 42.6 Å². The predicted molar refractivity (Wildman–Crippen MR) is 104 cm³/mol. The van der Waals surface area contributed by atoms with Gasteiger partial charge in [0.2, 0.25) is 0 Å². The first-order valence-corrected chi connectivity index (χ1v) is 9.25. The number of ether oxygens (including phenoxy) is 1. The molecule has 1 aromatic carbocycles. The molecule has 0 fully saturated rings. The third kappa shape index (κ3) is 6.38. The van der Waals surface area contributed by atoms with Crippen LogP contribution in [-0.4, -0.2) is 31.7 Å². The molecule has 0 bridgehead atoms. The first-order valence-electron chi connectivity index (χ1n) is 8.44. The minimum absolute atomic E-state index is 0.223. The number of hydrogen-bond donors (Lipinski definition) is 4. The van der Waals surface area contributed by atoms with Gasteiger partial charge in [0.05, 0.1) is 22.8 Å². The lowest BCUT2D eigenvalue weighted by Gasteiger charge is -2.07. The van der Waals surface area contributed by atoms with Crippen molar-refractivity contribution < 1.29 is 14.3 Å². The van der Waals surface area contributed by atoms with Crippen LogP contribution < -0.4 is 21.7 Å². The molecule has 0 saturated heterocycles. The lowest BCUT2D eigenvalue weighted by molar-refractivity contribution is 0.103. The summed E-state index contributed by atoms with van der Waals surface area (Å²) in [5.41, 5.74) is 6.92. The Balaban J connectivity index is 1.76. The minimum Gasteiger partial charge on any atom is -0.397 e. The summed E-state index contributed by atoms with van der Waals surface area (Å²) in [6.07, 6.45) is 0.771. The van der Waals surface area contributed by atoms with Crippen LogP contribution in [0.3, 0.4) is 0 Å². The molecule has 140 valence electrons. The molecule has 2 aromatic rings. The quantitative estimate of drug-likeness (QED) is 0.399. The topological polar surface area (TPSA) is 105 Å². The molecule has 1 aromatic heterocycles. The summed E-state index contributed by atoms with van der Waals surface area (Å²) >= 11 is 1.33. The van der Waals surface area contributed by atoms with Gasteiger partial charge in [-0.05, 0) is 37.6 Å². The van der Waals surface area contributed by atoms with E-state index in [-0.39, 0.29) is 11.9 Å². The van der Waals surface area contributed by atoms with Gasteiger partial charge in [-0.15, -0.1) is 11.3 Å². The van der Waals surface area contributed by atoms with E-state index >= 15 is 0 Å². The zero-order chi connectivity index (χ0) is 18.8. The van der Waals surface area contributed by atoms with Gasteiger partial charge >= 0.3 is 6.03 Å². The van der Waals surface area contributed by atoms with Crippen LogP contribution >= 0.6 is 11.3 Å². The van der Waals surface area contributed by atoms with Crippen molar-refractivity contribution in [3.05, 3.63) is 46.2 Å². The van der Waals surface area contributed by atoms with Crippen LogP contribution in [0.4, 0.5) is 16.2 Å². The Bertz CT molecular complexity index is 733. The fraction of sp³-hybridized carbons (Fsp3) is 0.333. The molecule has 1 heterocycles. The summed E-state index contributed by atoms with van der Waals surface area (Å²) in [5.74, 6) is -0.223. The molecule has 0 spiro atoms. The van der Waals surface area contributed by atoms with E-state index in [9.17, 15) is 9.59 Å². The van der Waals surface area contributed by atoms with Crippen molar-refractivity contribution >= 4 is 34.6 Å². The highest BCUT2D eigenvalue weighted by Gasteiger charge is 2.11. The second-order valence-electron chi connectivity index (χ2n) is 5.47. The van der Waals surface area contributed by atoms with Crippen molar-refractivity contribution in [1.82, 2.24) is 10.6 Å². The molecular formula is C18H24N4O3S. The van der Waals surface area contributed by atoms with Gasteiger partial charge in [0, 0.05) is 24.6 Å². The molecule has 2 rings (SSSR count). The number of nitrogens with one attached hydrogen (secondary N) is 3. The summed E-state index contributed by atoms with van der Waals surface area (Å²) < 4.78 is 5.20. The van der Waals surface area contributed by atoms with E-state index in [1.165, 1.54) is 11.3 Å². The largest absolute Gasteiger partial charge is 0.397 e. The second kappa shape index (κ2) is 10.4. The first kappa shape index (κ1) is 19.7. The lowest BCUT2D eigenvalue weighted by Crippen LogP contribution is -2.35. The van der Waals surface area contributed by atoms with Gasteiger partial charge in [-0.3, -0.25) is 4.79 Å². The third-order valence-corrected chi connectivity index (χ3v) is 4.56. The zero-order valence-corrected chi connectivity index (χ0v) is 15.5. The van der Waals surface area contributed by atoms with Crippen molar-refractivity contribution in [3.63, 3.8) is 0 Å². The predicted octanol–water partition coefficient (Wildman–Crippen LogP) is 2.81. The number of rotatable bonds is 9. The van der Waals surface area contributed by atoms with Crippen LogP contribution in [0.1, 0.15) is 27.9 Å². The molecule has 0 aliphatic heterocycles. The summed E-state index contributed by atoms with van der Waals surface area (Å²) in [6, 6.07) is 10.4. The zero-order valence-electron chi connectivity index (χ0n) is 14.7. The second-order valence-corrected chi connectivity index (χ2v) is 6.64. The summed E-state index contributed by atoms with van der Waals surface area (Å²) in [6.45, 7) is 4.17. The summed E-state index contributed by atoms with van der Waals surface area (Å²) in [7, 11) is 0. The maximum absolute atomic E-state index is 12.3. The molecule has 26 heavy (non-hydrogen) atoms. The first-order chi connectivity index (χ1) is 12.6. The number of anilines is 2. The molecule has 0 atom stereocenters. The molecule has 3 amide bonds. The molecule has 0 aliphatic rings. The monoisotopic (exact) mass is 376 g/mol. The van der Waals surface area contributed by atoms with Gasteiger partial charge in [-0.1, -0.05) is 12.1 Å². The average Bonchev–Trinajstić information content (AvgIpc) is 3.11. The number of thiophene rings is 1. The number of carbonyl (C=O) groups is 2. The Hall–Kier alpha value is -2.58. The maximum Gasteiger partial charge on any atom is 0.315 e. The van der Waals surface area contributed by atoms with Crippen molar-refractivity contribution in [2.45, 2.75) is 19.9 Å². The van der Waals surface area contributed by atoms with E-state index in [0.717, 1.165) is 11.3 Å². The number of para-hydroxylation sites is 2. The van der Waals surface area contributed by atoms with Crippen LogP contribution in [0.5, 0.6) is 0 Å². The van der Waals surface area contributed by atoms with E-state index in [1.54, 1.807) is 18.2 Å². The van der Waals surface area contributed by atoms with E-state index in [2.05, 4.69) is 16.0 Å². The Morgan fingerprint density at radius 2 is 1.96 bits per heavy atom. The molecule has 0 radical (unpaired) electrons. The van der Waals surface area contributed by atoms with E-state index < -0.39 is 0 Å². The smallest absolute Gasteiger partial charge is 0.315 e. The van der Waals surface area contributed by atoms with Crippen molar-refractivity contribution in [2.75, 3.05) is 30.8 Å². The number of nitrogens with two attached hydrogens (primary N) is 1. The highest BCUT2D eigenvalue weighted by atomic mass is 32.1. The van der Waals surface area contributed by atoms with Crippen LogP contribution in [-0.2, 0) is 11.3 Å².